The van der Waals surface area contributed by atoms with Gasteiger partial charge in [-0.25, -0.2) is 0 Å². The molecule has 0 aromatic carbocycles. The van der Waals surface area contributed by atoms with Gasteiger partial charge in [-0.15, -0.1) is 0 Å². The van der Waals surface area contributed by atoms with Gasteiger partial charge in [0.25, 0.3) is 5.24 Å². The summed E-state index contributed by atoms with van der Waals surface area (Å²) in [6.07, 6.45) is 7.93. The molecule has 1 aliphatic heterocycles. The first kappa shape index (κ1) is 19.6. The number of carbonyl (C=O) groups excluding carboxylic acids is 3. The number of hydrogen-bond donors (Lipinski definition) is 1. The zero-order valence-corrected chi connectivity index (χ0v) is 19.3. The Kier molecular flexibility index (Phi) is 3.65. The number of ketones is 1. The van der Waals surface area contributed by atoms with Crippen molar-refractivity contribution in [2.24, 2.45) is 58.2 Å². The molecule has 1 unspecified atom stereocenters. The van der Waals surface area contributed by atoms with Crippen molar-refractivity contribution in [2.75, 3.05) is 12.3 Å². The summed E-state index contributed by atoms with van der Waals surface area (Å²) in [4.78, 5) is 39.0. The van der Waals surface area contributed by atoms with Crippen LogP contribution in [-0.2, 0) is 9.59 Å². The Hall–Kier alpha value is -0.880. The van der Waals surface area contributed by atoms with Gasteiger partial charge >= 0.3 is 0 Å². The summed E-state index contributed by atoms with van der Waals surface area (Å²) in [5.74, 6) is 5.61. The van der Waals surface area contributed by atoms with Crippen LogP contribution in [-0.4, -0.2) is 44.8 Å². The summed E-state index contributed by atoms with van der Waals surface area (Å²) in [7, 11) is 0. The molecular weight excluding hydrogens is 410 g/mol. The Bertz CT molecular complexity index is 889. The Morgan fingerprint density at radius 3 is 2.48 bits per heavy atom. The zero-order valence-electron chi connectivity index (χ0n) is 18.5. The van der Waals surface area contributed by atoms with Crippen LogP contribution < -0.4 is 0 Å². The third-order valence-corrected chi connectivity index (χ3v) is 12.3. The average Bonchev–Trinajstić information content (AvgIpc) is 3.53. The van der Waals surface area contributed by atoms with Crippen LogP contribution in [0.25, 0.3) is 0 Å². The maximum Gasteiger partial charge on any atom is 0.289 e. The minimum absolute atomic E-state index is 0.0145. The standard InChI is InChI=1S/C25H33NO4S/c1-23(30)7-5-13-12(9-23)3-4-15-14(13)6-8-24(2)19(15)18-20-21(18)25(20,24)16(27)10-26-17(28)11-31-22(26)29/h12-15,18-21,30H,3-11H2,1-2H3/t12-,13+,14-,15-,18-,19-,20?,21-,23-,24+,25+/m1/s1. The second-order valence-electron chi connectivity index (χ2n) is 12.5. The topological polar surface area (TPSA) is 74.7 Å². The van der Waals surface area contributed by atoms with E-state index < -0.39 is 5.60 Å². The molecule has 0 aromatic heterocycles. The van der Waals surface area contributed by atoms with E-state index in [0.717, 1.165) is 54.7 Å². The SMILES string of the molecule is C[C@@]1(O)CC[C@H]2[C@H](CC[C@@H]3[C@@H]2CC[C@@]2(C)[C@H]3[C@@H]3C4[C@@H]3[C@]42C(=O)CN2C(=O)CSC2=O)C1. The first-order valence-corrected chi connectivity index (χ1v) is 13.4. The lowest BCUT2D eigenvalue weighted by molar-refractivity contribution is -0.139. The van der Waals surface area contributed by atoms with Gasteiger partial charge in [-0.05, 0) is 105 Å². The highest BCUT2D eigenvalue weighted by atomic mass is 32.2. The van der Waals surface area contributed by atoms with Gasteiger partial charge in [0.1, 0.15) is 0 Å². The highest BCUT2D eigenvalue weighted by Gasteiger charge is 2.99. The molecule has 1 saturated heterocycles. The smallest absolute Gasteiger partial charge is 0.289 e. The molecule has 0 radical (unpaired) electrons. The number of rotatable bonds is 3. The van der Waals surface area contributed by atoms with Crippen molar-refractivity contribution in [1.29, 1.82) is 0 Å². The number of imide groups is 1. The second-order valence-corrected chi connectivity index (χ2v) is 13.4. The van der Waals surface area contributed by atoms with Crippen molar-refractivity contribution >= 4 is 28.7 Å². The molecule has 0 aromatic rings. The van der Waals surface area contributed by atoms with Gasteiger partial charge < -0.3 is 5.11 Å². The summed E-state index contributed by atoms with van der Waals surface area (Å²) in [5.41, 5.74) is -0.638. The molecule has 1 heterocycles. The highest BCUT2D eigenvalue weighted by Crippen LogP contribution is 2.99. The molecule has 2 amide bonds. The van der Waals surface area contributed by atoms with E-state index in [4.69, 9.17) is 0 Å². The van der Waals surface area contributed by atoms with Crippen LogP contribution in [0.4, 0.5) is 4.79 Å². The predicted octanol–water partition coefficient (Wildman–Crippen LogP) is 3.74. The molecule has 11 atom stereocenters. The van der Waals surface area contributed by atoms with Crippen molar-refractivity contribution in [1.82, 2.24) is 4.90 Å². The van der Waals surface area contributed by atoms with E-state index in [9.17, 15) is 19.5 Å². The Morgan fingerprint density at radius 1 is 1.03 bits per heavy atom. The second kappa shape index (κ2) is 5.78. The number of carbonyl (C=O) groups is 3. The van der Waals surface area contributed by atoms with Crippen LogP contribution in [0.15, 0.2) is 0 Å². The molecule has 8 rings (SSSR count). The fraction of sp³-hybridized carbons (Fsp3) is 0.880. The molecule has 8 fully saturated rings. The number of fused-ring (bicyclic) bond motifs is 3. The minimum atomic E-state index is -0.477. The first-order chi connectivity index (χ1) is 14.7. The lowest BCUT2D eigenvalue weighted by Gasteiger charge is -2.56. The molecule has 8 aliphatic rings. The van der Waals surface area contributed by atoms with E-state index >= 15 is 0 Å². The monoisotopic (exact) mass is 443 g/mol. The molecule has 5 nitrogen and oxygen atoms in total. The van der Waals surface area contributed by atoms with Crippen LogP contribution in [0.1, 0.15) is 58.8 Å². The van der Waals surface area contributed by atoms with E-state index in [-0.39, 0.29) is 40.1 Å². The van der Waals surface area contributed by atoms with Crippen molar-refractivity contribution < 1.29 is 19.5 Å². The molecule has 168 valence electrons. The molecule has 6 heteroatoms. The molecule has 1 N–H and O–H groups in total. The molecule has 0 spiro atoms. The fourth-order valence-corrected chi connectivity index (χ4v) is 11.2. The third-order valence-electron chi connectivity index (χ3n) is 11.5. The van der Waals surface area contributed by atoms with E-state index in [1.165, 1.54) is 30.6 Å². The number of amides is 2. The van der Waals surface area contributed by atoms with Gasteiger partial charge in [0.2, 0.25) is 5.91 Å². The number of hydrogen-bond acceptors (Lipinski definition) is 5. The Morgan fingerprint density at radius 2 is 1.77 bits per heavy atom. The molecular formula is C25H33NO4S. The lowest BCUT2D eigenvalue weighted by Crippen LogP contribution is -2.52. The van der Waals surface area contributed by atoms with Gasteiger partial charge in [-0.2, -0.15) is 0 Å². The predicted molar refractivity (Wildman–Crippen MR) is 116 cm³/mol. The fourth-order valence-electron chi connectivity index (χ4n) is 10.5. The van der Waals surface area contributed by atoms with E-state index in [1.807, 2.05) is 6.92 Å². The summed E-state index contributed by atoms with van der Waals surface area (Å²) in [6, 6.07) is 0. The largest absolute Gasteiger partial charge is 0.390 e. The normalized spacial score (nSPS) is 58.4. The van der Waals surface area contributed by atoms with E-state index in [2.05, 4.69) is 6.92 Å². The summed E-state index contributed by atoms with van der Waals surface area (Å²) >= 11 is 1.03. The third kappa shape index (κ3) is 2.18. The number of nitrogens with zero attached hydrogens (tertiary/aromatic N) is 1. The van der Waals surface area contributed by atoms with Gasteiger partial charge in [-0.3, -0.25) is 19.3 Å². The van der Waals surface area contributed by atoms with Crippen LogP contribution >= 0.6 is 11.8 Å². The molecule has 31 heavy (non-hydrogen) atoms. The summed E-state index contributed by atoms with van der Waals surface area (Å²) in [5, 5.41) is 10.4. The van der Waals surface area contributed by atoms with Crippen LogP contribution in [0.3, 0.4) is 0 Å². The number of aliphatic hydroxyl groups is 1. The van der Waals surface area contributed by atoms with E-state index in [0.29, 0.717) is 23.7 Å². The van der Waals surface area contributed by atoms with Crippen LogP contribution in [0, 0.1) is 58.2 Å². The van der Waals surface area contributed by atoms with Gasteiger partial charge in [0.15, 0.2) is 5.78 Å². The Labute approximate surface area is 188 Å². The zero-order chi connectivity index (χ0) is 21.5. The van der Waals surface area contributed by atoms with Crippen LogP contribution in [0.2, 0.25) is 0 Å². The number of Topliss-reactive ketones (excluding diaryl/α,β-unsaturated/α-hetero) is 1. The first-order valence-electron chi connectivity index (χ1n) is 12.4. The average molecular weight is 444 g/mol. The molecule has 2 bridgehead atoms. The minimum Gasteiger partial charge on any atom is -0.390 e. The van der Waals surface area contributed by atoms with Crippen molar-refractivity contribution in [2.45, 2.75) is 64.4 Å². The van der Waals surface area contributed by atoms with Crippen molar-refractivity contribution in [3.63, 3.8) is 0 Å². The Balaban J connectivity index is 1.14. The highest BCUT2D eigenvalue weighted by molar-refractivity contribution is 8.14. The summed E-state index contributed by atoms with van der Waals surface area (Å²) in [6.45, 7) is 4.43. The van der Waals surface area contributed by atoms with Crippen LogP contribution in [0.5, 0.6) is 0 Å². The number of thioether (sulfide) groups is 1. The van der Waals surface area contributed by atoms with Crippen molar-refractivity contribution in [3.05, 3.63) is 0 Å². The molecule has 7 saturated carbocycles. The quantitative estimate of drug-likeness (QED) is 0.719. The maximum atomic E-state index is 13.6. The van der Waals surface area contributed by atoms with Gasteiger partial charge in [0, 0.05) is 5.41 Å². The van der Waals surface area contributed by atoms with E-state index in [1.54, 1.807) is 0 Å². The molecule has 7 aliphatic carbocycles. The lowest BCUT2D eigenvalue weighted by atomic mass is 9.49. The maximum absolute atomic E-state index is 13.6. The summed E-state index contributed by atoms with van der Waals surface area (Å²) < 4.78 is 0. The van der Waals surface area contributed by atoms with Gasteiger partial charge in [0.05, 0.1) is 17.9 Å². The van der Waals surface area contributed by atoms with Gasteiger partial charge in [-0.1, -0.05) is 18.7 Å². The van der Waals surface area contributed by atoms with Crippen molar-refractivity contribution in [3.8, 4) is 0 Å².